The van der Waals surface area contributed by atoms with Gasteiger partial charge >= 0.3 is 0 Å². The van der Waals surface area contributed by atoms with Crippen molar-refractivity contribution in [1.29, 1.82) is 0 Å². The molecule has 0 amide bonds. The van der Waals surface area contributed by atoms with Gasteiger partial charge in [0.2, 0.25) is 0 Å². The molecule has 0 aliphatic carbocycles. The molecule has 6 heteroatoms. The van der Waals surface area contributed by atoms with Gasteiger partial charge in [-0.15, -0.1) is 0 Å². The molecule has 0 spiro atoms. The van der Waals surface area contributed by atoms with Crippen LogP contribution < -0.4 is 0 Å². The first kappa shape index (κ1) is 16.9. The molecular weight excluding hydrogens is 340 g/mol. The zero-order valence-electron chi connectivity index (χ0n) is 14.8. The minimum atomic E-state index is -0.784. The fraction of sp³-hybridized carbons (Fsp3) is 0.526. The summed E-state index contributed by atoms with van der Waals surface area (Å²) >= 11 is 6.43. The van der Waals surface area contributed by atoms with Gasteiger partial charge in [-0.3, -0.25) is 0 Å². The number of aliphatic hydroxyl groups is 1. The lowest BCUT2D eigenvalue weighted by atomic mass is 10.0. The first-order chi connectivity index (χ1) is 11.8. The summed E-state index contributed by atoms with van der Waals surface area (Å²) in [7, 11) is 2.07. The first-order valence-electron chi connectivity index (χ1n) is 8.65. The second kappa shape index (κ2) is 6.01. The normalized spacial score (nSPS) is 21.1. The van der Waals surface area contributed by atoms with Gasteiger partial charge in [-0.05, 0) is 45.0 Å². The zero-order valence-corrected chi connectivity index (χ0v) is 15.6. The fourth-order valence-electron chi connectivity index (χ4n) is 3.67. The Morgan fingerprint density at radius 1 is 1.36 bits per heavy atom. The molecule has 0 saturated carbocycles. The van der Waals surface area contributed by atoms with Gasteiger partial charge < -0.3 is 19.2 Å². The van der Waals surface area contributed by atoms with Crippen LogP contribution in [-0.4, -0.2) is 41.6 Å². The van der Waals surface area contributed by atoms with Crippen molar-refractivity contribution >= 4 is 28.5 Å². The average Bonchev–Trinajstić information content (AvgIpc) is 3.00. The van der Waals surface area contributed by atoms with Crippen LogP contribution in [0.1, 0.15) is 43.3 Å². The lowest BCUT2D eigenvalue weighted by Crippen LogP contribution is -2.19. The molecule has 1 unspecified atom stereocenters. The van der Waals surface area contributed by atoms with Crippen molar-refractivity contribution in [2.75, 3.05) is 20.2 Å². The van der Waals surface area contributed by atoms with Crippen molar-refractivity contribution in [2.24, 2.45) is 4.99 Å². The lowest BCUT2D eigenvalue weighted by molar-refractivity contribution is 0.148. The summed E-state index contributed by atoms with van der Waals surface area (Å²) in [6, 6.07) is 3.76. The van der Waals surface area contributed by atoms with Gasteiger partial charge in [-0.1, -0.05) is 11.6 Å². The van der Waals surface area contributed by atoms with E-state index in [9.17, 15) is 5.11 Å². The Morgan fingerprint density at radius 3 is 2.88 bits per heavy atom. The number of aliphatic hydroxyl groups excluding tert-OH is 1. The van der Waals surface area contributed by atoms with Gasteiger partial charge in [-0.2, -0.15) is 0 Å². The smallest absolute Gasteiger partial charge is 0.187 e. The van der Waals surface area contributed by atoms with Crippen LogP contribution in [0.15, 0.2) is 21.5 Å². The van der Waals surface area contributed by atoms with Crippen molar-refractivity contribution in [1.82, 2.24) is 4.90 Å². The molecule has 5 nitrogen and oxygen atoms in total. The van der Waals surface area contributed by atoms with Gasteiger partial charge in [0.1, 0.15) is 24.1 Å². The highest BCUT2D eigenvalue weighted by Crippen LogP contribution is 2.39. The molecule has 1 aromatic heterocycles. The Labute approximate surface area is 152 Å². The van der Waals surface area contributed by atoms with Crippen LogP contribution in [-0.2, 0) is 17.7 Å². The van der Waals surface area contributed by atoms with E-state index in [1.165, 1.54) is 0 Å². The maximum Gasteiger partial charge on any atom is 0.187 e. The van der Waals surface area contributed by atoms with E-state index in [2.05, 4.69) is 16.9 Å². The summed E-state index contributed by atoms with van der Waals surface area (Å²) in [5, 5.41) is 12.6. The summed E-state index contributed by atoms with van der Waals surface area (Å²) in [6.45, 7) is 6.23. The molecule has 2 aliphatic heterocycles. The number of halogens is 1. The van der Waals surface area contributed by atoms with E-state index in [0.717, 1.165) is 46.6 Å². The van der Waals surface area contributed by atoms with E-state index in [-0.39, 0.29) is 5.54 Å². The molecule has 0 saturated heterocycles. The first-order valence-corrected chi connectivity index (χ1v) is 9.02. The number of hydrogen-bond acceptors (Lipinski definition) is 5. The third-order valence-corrected chi connectivity index (χ3v) is 5.25. The number of aliphatic imine (C=N–C) groups is 1. The Bertz CT molecular complexity index is 856. The molecular formula is C19H23ClN2O3. The number of furan rings is 1. The van der Waals surface area contributed by atoms with Crippen LogP contribution in [0.5, 0.6) is 0 Å². The van der Waals surface area contributed by atoms with Crippen LogP contribution >= 0.6 is 11.6 Å². The van der Waals surface area contributed by atoms with Crippen LogP contribution in [0.3, 0.4) is 0 Å². The average molecular weight is 363 g/mol. The minimum absolute atomic E-state index is 0.227. The molecule has 1 aromatic carbocycles. The van der Waals surface area contributed by atoms with E-state index < -0.39 is 6.10 Å². The predicted octanol–water partition coefficient (Wildman–Crippen LogP) is 3.70. The van der Waals surface area contributed by atoms with E-state index in [1.807, 2.05) is 26.0 Å². The van der Waals surface area contributed by atoms with Gasteiger partial charge in [0.25, 0.3) is 0 Å². The Kier molecular flexibility index (Phi) is 4.06. The van der Waals surface area contributed by atoms with Crippen molar-refractivity contribution < 1.29 is 14.3 Å². The SMILES string of the molecule is CN1CCc2c(Cl)ccc3oc(C(O)CC4=NC(C)(C)CO4)c(c23)C1. The monoisotopic (exact) mass is 362 g/mol. The van der Waals surface area contributed by atoms with E-state index in [1.54, 1.807) is 0 Å². The quantitative estimate of drug-likeness (QED) is 0.904. The lowest BCUT2D eigenvalue weighted by Gasteiger charge is -2.15. The highest BCUT2D eigenvalue weighted by molar-refractivity contribution is 6.32. The summed E-state index contributed by atoms with van der Waals surface area (Å²) < 4.78 is 11.7. The van der Waals surface area contributed by atoms with E-state index in [0.29, 0.717) is 24.7 Å². The van der Waals surface area contributed by atoms with Crippen molar-refractivity contribution in [3.63, 3.8) is 0 Å². The molecule has 1 N–H and O–H groups in total. The molecule has 0 bridgehead atoms. The van der Waals surface area contributed by atoms with E-state index >= 15 is 0 Å². The number of likely N-dealkylation sites (N-methyl/N-ethyl adjacent to an activating group) is 1. The third-order valence-electron chi connectivity index (χ3n) is 4.90. The van der Waals surface area contributed by atoms with Crippen LogP contribution in [0.25, 0.3) is 11.0 Å². The molecule has 0 radical (unpaired) electrons. The Hall–Kier alpha value is -1.56. The topological polar surface area (TPSA) is 58.2 Å². The molecule has 2 aliphatic rings. The highest BCUT2D eigenvalue weighted by Gasteiger charge is 2.31. The number of nitrogens with zero attached hydrogens (tertiary/aromatic N) is 2. The number of hydrogen-bond donors (Lipinski definition) is 1. The second-order valence-corrected chi connectivity index (χ2v) is 8.07. The summed E-state index contributed by atoms with van der Waals surface area (Å²) in [5.74, 6) is 1.19. The molecule has 25 heavy (non-hydrogen) atoms. The minimum Gasteiger partial charge on any atom is -0.478 e. The predicted molar refractivity (Wildman–Crippen MR) is 98.3 cm³/mol. The zero-order chi connectivity index (χ0) is 17.8. The van der Waals surface area contributed by atoms with Crippen molar-refractivity contribution in [3.05, 3.63) is 34.0 Å². The van der Waals surface area contributed by atoms with Crippen LogP contribution in [0.2, 0.25) is 5.02 Å². The summed E-state index contributed by atoms with van der Waals surface area (Å²) in [4.78, 5) is 6.76. The number of rotatable bonds is 3. The summed E-state index contributed by atoms with van der Waals surface area (Å²) in [6.07, 6.45) is 0.412. The summed E-state index contributed by atoms with van der Waals surface area (Å²) in [5.41, 5.74) is 2.69. The van der Waals surface area contributed by atoms with E-state index in [4.69, 9.17) is 20.8 Å². The number of ether oxygens (including phenoxy) is 1. The van der Waals surface area contributed by atoms with Gasteiger partial charge in [0.15, 0.2) is 5.90 Å². The fourth-order valence-corrected chi connectivity index (χ4v) is 3.92. The molecule has 0 fully saturated rings. The van der Waals surface area contributed by atoms with Crippen molar-refractivity contribution in [3.8, 4) is 0 Å². The largest absolute Gasteiger partial charge is 0.478 e. The molecule has 134 valence electrons. The van der Waals surface area contributed by atoms with Crippen molar-refractivity contribution in [2.45, 2.75) is 44.9 Å². The van der Waals surface area contributed by atoms with Gasteiger partial charge in [0, 0.05) is 29.1 Å². The standard InChI is InChI=1S/C19H23ClN2O3/c1-19(2)10-24-16(21-19)8-14(23)18-12-9-22(3)7-6-11-13(20)4-5-15(25-18)17(11)12/h4-5,14,23H,6-10H2,1-3H3. The Morgan fingerprint density at radius 2 is 2.16 bits per heavy atom. The Balaban J connectivity index is 1.75. The second-order valence-electron chi connectivity index (χ2n) is 7.66. The van der Waals surface area contributed by atoms with Gasteiger partial charge in [-0.25, -0.2) is 4.99 Å². The molecule has 2 aromatic rings. The maximum atomic E-state index is 10.8. The van der Waals surface area contributed by atoms with Crippen LogP contribution in [0.4, 0.5) is 0 Å². The van der Waals surface area contributed by atoms with Gasteiger partial charge in [0.05, 0.1) is 12.0 Å². The molecule has 4 rings (SSSR count). The molecule has 3 heterocycles. The van der Waals surface area contributed by atoms with Crippen LogP contribution in [0, 0.1) is 0 Å². The molecule has 1 atom stereocenters. The maximum absolute atomic E-state index is 10.8. The highest BCUT2D eigenvalue weighted by atomic mass is 35.5. The third kappa shape index (κ3) is 3.05. The number of benzene rings is 1.